The predicted molar refractivity (Wildman–Crippen MR) is 128 cm³/mol. The van der Waals surface area contributed by atoms with Gasteiger partial charge in [0.2, 0.25) is 0 Å². The number of unbranched alkanes of at least 4 members (excludes halogenated alkanes) is 4. The Kier molecular flexibility index (Phi) is 5.71. The average Bonchev–Trinajstić information content (AvgIpc) is 3.26. The van der Waals surface area contributed by atoms with Gasteiger partial charge < -0.3 is 4.74 Å². The van der Waals surface area contributed by atoms with Crippen LogP contribution in [0, 0.1) is 0 Å². The topological polar surface area (TPSA) is 63.7 Å². The first-order chi connectivity index (χ1) is 16.1. The minimum absolute atomic E-state index is 0.328. The van der Waals surface area contributed by atoms with E-state index >= 15 is 0 Å². The normalized spacial score (nSPS) is 14.3. The van der Waals surface area contributed by atoms with Gasteiger partial charge in [-0.05, 0) is 72.2 Å². The highest BCUT2D eigenvalue weighted by atomic mass is 16.5. The number of imide groups is 1. The Labute approximate surface area is 193 Å². The Morgan fingerprint density at radius 1 is 0.788 bits per heavy atom. The average molecular weight is 442 g/mol. The van der Waals surface area contributed by atoms with Gasteiger partial charge in [0.15, 0.2) is 0 Å². The highest BCUT2D eigenvalue weighted by Gasteiger charge is 2.35. The maximum Gasteiger partial charge on any atom is 0.338 e. The number of carbonyl (C=O) groups excluding carboxylic acids is 3. The van der Waals surface area contributed by atoms with Crippen molar-refractivity contribution in [1.82, 2.24) is 0 Å². The van der Waals surface area contributed by atoms with Crippen molar-refractivity contribution in [3.8, 4) is 0 Å². The van der Waals surface area contributed by atoms with Gasteiger partial charge >= 0.3 is 5.97 Å². The summed E-state index contributed by atoms with van der Waals surface area (Å²) < 4.78 is 5.36. The fraction of sp³-hybridized carbons (Fsp3) is 0.321. The van der Waals surface area contributed by atoms with E-state index in [1.165, 1.54) is 28.9 Å². The van der Waals surface area contributed by atoms with Crippen LogP contribution >= 0.6 is 0 Å². The summed E-state index contributed by atoms with van der Waals surface area (Å²) in [4.78, 5) is 40.2. The molecule has 168 valence electrons. The van der Waals surface area contributed by atoms with Gasteiger partial charge in [0.1, 0.15) is 0 Å². The van der Waals surface area contributed by atoms with Gasteiger partial charge in [-0.1, -0.05) is 44.7 Å². The second kappa shape index (κ2) is 8.81. The van der Waals surface area contributed by atoms with Crippen molar-refractivity contribution in [2.24, 2.45) is 0 Å². The van der Waals surface area contributed by atoms with Crippen molar-refractivity contribution in [2.45, 2.75) is 51.9 Å². The van der Waals surface area contributed by atoms with Gasteiger partial charge in [-0.3, -0.25) is 9.59 Å². The molecule has 0 saturated carbocycles. The Hall–Kier alpha value is -3.47. The van der Waals surface area contributed by atoms with E-state index in [1.807, 2.05) is 24.3 Å². The summed E-state index contributed by atoms with van der Waals surface area (Å²) in [6, 6.07) is 14.2. The van der Waals surface area contributed by atoms with Gasteiger partial charge in [-0.25, -0.2) is 9.69 Å². The Morgan fingerprint density at radius 2 is 1.39 bits per heavy atom. The molecule has 2 aliphatic rings. The maximum absolute atomic E-state index is 13.3. The van der Waals surface area contributed by atoms with Crippen LogP contribution in [0.2, 0.25) is 0 Å². The van der Waals surface area contributed by atoms with Crippen molar-refractivity contribution < 1.29 is 19.1 Å². The van der Waals surface area contributed by atoms with Crippen LogP contribution in [-0.2, 0) is 17.6 Å². The molecule has 1 aliphatic heterocycles. The summed E-state index contributed by atoms with van der Waals surface area (Å²) >= 11 is 0. The zero-order chi connectivity index (χ0) is 22.9. The molecule has 0 bridgehead atoms. The number of rotatable bonds is 8. The zero-order valence-electron chi connectivity index (χ0n) is 18.9. The number of esters is 1. The summed E-state index contributed by atoms with van der Waals surface area (Å²) in [5.41, 5.74) is 4.37. The molecule has 5 rings (SSSR count). The number of hydrogen-bond donors (Lipinski definition) is 0. The van der Waals surface area contributed by atoms with E-state index in [2.05, 4.69) is 6.92 Å². The molecule has 1 heterocycles. The quantitative estimate of drug-likeness (QED) is 0.249. The molecule has 0 unspecified atom stereocenters. The van der Waals surface area contributed by atoms with E-state index < -0.39 is 0 Å². The van der Waals surface area contributed by atoms with Crippen LogP contribution in [0.5, 0.6) is 0 Å². The Bertz CT molecular complexity index is 1200. The summed E-state index contributed by atoms with van der Waals surface area (Å²) in [6.07, 6.45) is 7.32. The summed E-state index contributed by atoms with van der Waals surface area (Å²) in [5, 5.41) is 1.85. The summed E-state index contributed by atoms with van der Waals surface area (Å²) in [6.45, 7) is 2.57. The molecule has 0 aromatic heterocycles. The number of amides is 2. The minimum Gasteiger partial charge on any atom is -0.462 e. The lowest BCUT2D eigenvalue weighted by atomic mass is 9.91. The number of benzene rings is 3. The smallest absolute Gasteiger partial charge is 0.338 e. The van der Waals surface area contributed by atoms with Crippen LogP contribution in [0.25, 0.3) is 10.8 Å². The van der Waals surface area contributed by atoms with Crippen molar-refractivity contribution in [3.63, 3.8) is 0 Å². The van der Waals surface area contributed by atoms with Crippen LogP contribution in [-0.4, -0.2) is 24.4 Å². The molecule has 0 N–H and O–H groups in total. The van der Waals surface area contributed by atoms with Gasteiger partial charge in [0, 0.05) is 16.5 Å². The van der Waals surface area contributed by atoms with E-state index in [-0.39, 0.29) is 17.8 Å². The molecule has 5 heteroatoms. The third-order valence-corrected chi connectivity index (χ3v) is 6.71. The maximum atomic E-state index is 13.3. The van der Waals surface area contributed by atoms with Crippen molar-refractivity contribution in [2.75, 3.05) is 11.5 Å². The molecule has 5 nitrogen and oxygen atoms in total. The largest absolute Gasteiger partial charge is 0.462 e. The molecule has 0 atom stereocenters. The molecule has 3 aromatic rings. The molecular formula is C28H27NO4. The van der Waals surface area contributed by atoms with E-state index in [0.29, 0.717) is 29.0 Å². The first-order valence-electron chi connectivity index (χ1n) is 11.8. The molecule has 0 radical (unpaired) electrons. The van der Waals surface area contributed by atoms with E-state index in [9.17, 15) is 14.4 Å². The molecule has 0 spiro atoms. The molecule has 33 heavy (non-hydrogen) atoms. The number of hydrogen-bond acceptors (Lipinski definition) is 4. The van der Waals surface area contributed by atoms with Gasteiger partial charge in [0.05, 0.1) is 17.9 Å². The second-order valence-electron chi connectivity index (χ2n) is 8.84. The lowest BCUT2D eigenvalue weighted by Crippen LogP contribution is -2.40. The van der Waals surface area contributed by atoms with Gasteiger partial charge in [-0.15, -0.1) is 0 Å². The second-order valence-corrected chi connectivity index (χ2v) is 8.84. The Morgan fingerprint density at radius 3 is 2.00 bits per heavy atom. The fourth-order valence-electron chi connectivity index (χ4n) is 4.95. The SMILES string of the molecule is CCCCCCCOC(=O)c1ccc(N2C(=O)c3ccc4c5c(ccc(c35)C2=O)CC4)cc1. The molecule has 2 amide bonds. The first-order valence-corrected chi connectivity index (χ1v) is 11.8. The first kappa shape index (κ1) is 21.4. The van der Waals surface area contributed by atoms with Crippen LogP contribution < -0.4 is 4.90 Å². The fourth-order valence-corrected chi connectivity index (χ4v) is 4.95. The summed E-state index contributed by atoms with van der Waals surface area (Å²) in [7, 11) is 0. The minimum atomic E-state index is -0.387. The highest BCUT2D eigenvalue weighted by Crippen LogP contribution is 2.39. The Balaban J connectivity index is 1.34. The van der Waals surface area contributed by atoms with Crippen molar-refractivity contribution in [1.29, 1.82) is 0 Å². The lowest BCUT2D eigenvalue weighted by molar-refractivity contribution is 0.0497. The molecule has 0 fully saturated rings. The highest BCUT2D eigenvalue weighted by molar-refractivity contribution is 6.36. The monoisotopic (exact) mass is 441 g/mol. The molecular weight excluding hydrogens is 414 g/mol. The number of aryl methyl sites for hydroxylation is 2. The van der Waals surface area contributed by atoms with Crippen molar-refractivity contribution >= 4 is 34.2 Å². The molecule has 1 aliphatic carbocycles. The number of ether oxygens (including phenoxy) is 1. The van der Waals surface area contributed by atoms with E-state index in [0.717, 1.165) is 42.9 Å². The third-order valence-electron chi connectivity index (χ3n) is 6.71. The predicted octanol–water partition coefficient (Wildman–Crippen LogP) is 5.87. The molecule has 3 aromatic carbocycles. The van der Waals surface area contributed by atoms with Crippen LogP contribution in [0.4, 0.5) is 5.69 Å². The standard InChI is InChI=1S/C28H27NO4/c1-2-3-4-5-6-17-33-28(32)20-9-13-21(14-10-20)29-26(30)22-15-11-18-7-8-19-12-16-23(27(29)31)25(22)24(18)19/h9-16H,2-8,17H2,1H3. The van der Waals surface area contributed by atoms with Gasteiger partial charge in [0.25, 0.3) is 11.8 Å². The number of nitrogens with zero attached hydrogens (tertiary/aromatic N) is 1. The zero-order valence-corrected chi connectivity index (χ0v) is 18.9. The van der Waals surface area contributed by atoms with Crippen LogP contribution in [0.15, 0.2) is 48.5 Å². The van der Waals surface area contributed by atoms with E-state index in [4.69, 9.17) is 4.74 Å². The van der Waals surface area contributed by atoms with E-state index in [1.54, 1.807) is 24.3 Å². The summed E-state index contributed by atoms with van der Waals surface area (Å²) in [5.74, 6) is -1.04. The number of anilines is 1. The molecule has 0 saturated heterocycles. The van der Waals surface area contributed by atoms with Gasteiger partial charge in [-0.2, -0.15) is 0 Å². The third kappa shape index (κ3) is 3.71. The van der Waals surface area contributed by atoms with Crippen LogP contribution in [0.3, 0.4) is 0 Å². The van der Waals surface area contributed by atoms with Crippen LogP contribution in [0.1, 0.15) is 81.2 Å². The van der Waals surface area contributed by atoms with Crippen molar-refractivity contribution in [3.05, 3.63) is 76.3 Å². The lowest BCUT2D eigenvalue weighted by Gasteiger charge is -2.27. The number of carbonyl (C=O) groups is 3.